The predicted octanol–water partition coefficient (Wildman–Crippen LogP) is 5.04. The summed E-state index contributed by atoms with van der Waals surface area (Å²) in [5, 5.41) is 14.5. The number of imidazole rings is 1. The van der Waals surface area contributed by atoms with Gasteiger partial charge in [-0.25, -0.2) is 15.0 Å². The Morgan fingerprint density at radius 3 is 2.88 bits per heavy atom. The van der Waals surface area contributed by atoms with Crippen molar-refractivity contribution >= 4 is 45.1 Å². The minimum atomic E-state index is -0.0696. The summed E-state index contributed by atoms with van der Waals surface area (Å²) in [6, 6.07) is 9.69. The van der Waals surface area contributed by atoms with Gasteiger partial charge >= 0.3 is 0 Å². The minimum absolute atomic E-state index is 0.0696. The van der Waals surface area contributed by atoms with Crippen LogP contribution in [0.4, 0.5) is 5.69 Å². The maximum Gasteiger partial charge on any atom is 0.224 e. The largest absolute Gasteiger partial charge is 0.325 e. The molecule has 0 aromatic carbocycles. The van der Waals surface area contributed by atoms with Gasteiger partial charge in [-0.05, 0) is 46.7 Å². The molecule has 0 saturated heterocycles. The Balaban J connectivity index is 1.43. The van der Waals surface area contributed by atoms with Gasteiger partial charge in [0.25, 0.3) is 0 Å². The van der Waals surface area contributed by atoms with Gasteiger partial charge in [0, 0.05) is 29.9 Å². The second kappa shape index (κ2) is 8.16. The van der Waals surface area contributed by atoms with E-state index in [1.165, 1.54) is 0 Å². The molecule has 0 aliphatic rings. The maximum atomic E-state index is 11.8. The van der Waals surface area contributed by atoms with Gasteiger partial charge in [0.15, 0.2) is 17.2 Å². The van der Waals surface area contributed by atoms with Gasteiger partial charge in [-0.1, -0.05) is 6.92 Å². The third kappa shape index (κ3) is 3.50. The number of rotatable bonds is 5. The van der Waals surface area contributed by atoms with Gasteiger partial charge in [0.2, 0.25) is 5.91 Å². The summed E-state index contributed by atoms with van der Waals surface area (Å²) in [5.74, 6) is 0.517. The van der Waals surface area contributed by atoms with Gasteiger partial charge in [-0.3, -0.25) is 14.9 Å². The van der Waals surface area contributed by atoms with Crippen LogP contribution in [0.15, 0.2) is 59.7 Å². The first-order valence-electron chi connectivity index (χ1n) is 10.7. The Morgan fingerprint density at radius 2 is 2.03 bits per heavy atom. The van der Waals surface area contributed by atoms with Crippen LogP contribution < -0.4 is 5.32 Å². The Bertz CT molecular complexity index is 1650. The van der Waals surface area contributed by atoms with Crippen molar-refractivity contribution < 1.29 is 4.79 Å². The molecule has 3 N–H and O–H groups in total. The van der Waals surface area contributed by atoms with Crippen LogP contribution in [-0.4, -0.2) is 41.0 Å². The van der Waals surface area contributed by atoms with E-state index in [0.717, 1.165) is 27.7 Å². The van der Waals surface area contributed by atoms with Gasteiger partial charge in [0.1, 0.15) is 11.0 Å². The first-order chi connectivity index (χ1) is 16.7. The lowest BCUT2D eigenvalue weighted by Crippen LogP contribution is -2.09. The van der Waals surface area contributed by atoms with Crippen LogP contribution in [0.5, 0.6) is 0 Å². The Kier molecular flexibility index (Phi) is 4.84. The van der Waals surface area contributed by atoms with E-state index < -0.39 is 0 Å². The van der Waals surface area contributed by atoms with Crippen molar-refractivity contribution in [3.8, 4) is 33.9 Å². The van der Waals surface area contributed by atoms with Crippen molar-refractivity contribution in [3.05, 3.63) is 59.7 Å². The van der Waals surface area contributed by atoms with E-state index in [4.69, 9.17) is 9.97 Å². The summed E-state index contributed by atoms with van der Waals surface area (Å²) < 4.78 is 0. The first-order valence-corrected chi connectivity index (χ1v) is 11.6. The lowest BCUT2D eigenvalue weighted by atomic mass is 10.1. The number of amides is 1. The maximum absolute atomic E-state index is 11.8. The topological polar surface area (TPSA) is 125 Å². The number of hydrogen-bond acceptors (Lipinski definition) is 7. The van der Waals surface area contributed by atoms with Crippen molar-refractivity contribution in [2.75, 3.05) is 5.32 Å². The average Bonchev–Trinajstić information content (AvgIpc) is 3.62. The van der Waals surface area contributed by atoms with Crippen molar-refractivity contribution in [1.82, 2.24) is 35.1 Å². The van der Waals surface area contributed by atoms with E-state index in [2.05, 4.69) is 41.9 Å². The van der Waals surface area contributed by atoms with Crippen LogP contribution in [0.25, 0.3) is 56.1 Å². The smallest absolute Gasteiger partial charge is 0.224 e. The molecule has 0 fully saturated rings. The van der Waals surface area contributed by atoms with Gasteiger partial charge in [-0.15, -0.1) is 0 Å². The molecule has 6 aromatic heterocycles. The van der Waals surface area contributed by atoms with Crippen molar-refractivity contribution in [1.29, 1.82) is 0 Å². The molecule has 1 amide bonds. The number of pyridine rings is 3. The average molecular weight is 467 g/mol. The molecule has 0 spiro atoms. The van der Waals surface area contributed by atoms with E-state index >= 15 is 0 Å². The Morgan fingerprint density at radius 1 is 1.09 bits per heavy atom. The summed E-state index contributed by atoms with van der Waals surface area (Å²) in [6.07, 6.45) is 5.50. The van der Waals surface area contributed by atoms with E-state index in [9.17, 15) is 4.79 Å². The highest BCUT2D eigenvalue weighted by molar-refractivity contribution is 7.08. The lowest BCUT2D eigenvalue weighted by molar-refractivity contribution is -0.115. The molecule has 0 radical (unpaired) electrons. The number of fused-ring (bicyclic) bond motifs is 2. The second-order valence-electron chi connectivity index (χ2n) is 7.68. The number of carbonyl (C=O) groups is 1. The molecule has 166 valence electrons. The van der Waals surface area contributed by atoms with Crippen molar-refractivity contribution in [3.63, 3.8) is 0 Å². The fourth-order valence-electron chi connectivity index (χ4n) is 3.80. The second-order valence-corrected chi connectivity index (χ2v) is 8.46. The van der Waals surface area contributed by atoms with Crippen molar-refractivity contribution in [2.45, 2.75) is 13.3 Å². The van der Waals surface area contributed by atoms with Crippen LogP contribution in [0.2, 0.25) is 0 Å². The highest BCUT2D eigenvalue weighted by Gasteiger charge is 2.17. The summed E-state index contributed by atoms with van der Waals surface area (Å²) in [5.41, 5.74) is 7.78. The quantitative estimate of drug-likeness (QED) is 0.327. The zero-order chi connectivity index (χ0) is 23.1. The zero-order valence-corrected chi connectivity index (χ0v) is 18.8. The fraction of sp³-hybridized carbons (Fsp3) is 0.0833. The molecule has 6 aromatic rings. The molecule has 6 rings (SSSR count). The molecule has 0 aliphatic carbocycles. The third-order valence-corrected chi connectivity index (χ3v) is 6.17. The third-order valence-electron chi connectivity index (χ3n) is 5.49. The number of hydrogen-bond donors (Lipinski definition) is 3. The molecule has 10 heteroatoms. The summed E-state index contributed by atoms with van der Waals surface area (Å²) >= 11 is 1.64. The van der Waals surface area contributed by atoms with Gasteiger partial charge < -0.3 is 10.3 Å². The Hall–Kier alpha value is -4.44. The summed E-state index contributed by atoms with van der Waals surface area (Å²) in [4.78, 5) is 33.4. The number of anilines is 1. The SMILES string of the molecule is CCC(=O)Nc1cncc(-c2ccc3[nH]nc(-c4nc5c(-c6ccsc6)ccnc5[nH]4)c3n2)c1. The van der Waals surface area contributed by atoms with Crippen LogP contribution in [-0.2, 0) is 4.79 Å². The fourth-order valence-corrected chi connectivity index (χ4v) is 4.45. The van der Waals surface area contributed by atoms with E-state index in [-0.39, 0.29) is 5.91 Å². The number of carbonyl (C=O) groups excluding carboxylic acids is 1. The predicted molar refractivity (Wildman–Crippen MR) is 132 cm³/mol. The van der Waals surface area contributed by atoms with E-state index in [1.807, 2.05) is 29.6 Å². The molecule has 0 saturated carbocycles. The lowest BCUT2D eigenvalue weighted by Gasteiger charge is -2.06. The molecular formula is C24H18N8OS. The summed E-state index contributed by atoms with van der Waals surface area (Å²) in [7, 11) is 0. The van der Waals surface area contributed by atoms with Crippen LogP contribution >= 0.6 is 11.3 Å². The number of aromatic nitrogens is 7. The molecular weight excluding hydrogens is 448 g/mol. The monoisotopic (exact) mass is 466 g/mol. The molecule has 0 atom stereocenters. The Labute approximate surface area is 197 Å². The molecule has 6 heterocycles. The van der Waals surface area contributed by atoms with Crippen molar-refractivity contribution in [2.24, 2.45) is 0 Å². The normalized spacial score (nSPS) is 11.3. The number of thiophene rings is 1. The molecule has 0 aliphatic heterocycles. The number of H-pyrrole nitrogens is 2. The molecule has 0 bridgehead atoms. The summed E-state index contributed by atoms with van der Waals surface area (Å²) in [6.45, 7) is 1.80. The van der Waals surface area contributed by atoms with E-state index in [1.54, 1.807) is 36.9 Å². The highest BCUT2D eigenvalue weighted by Crippen LogP contribution is 2.32. The molecule has 9 nitrogen and oxygen atoms in total. The van der Waals surface area contributed by atoms with Crippen LogP contribution in [0, 0.1) is 0 Å². The zero-order valence-electron chi connectivity index (χ0n) is 18.0. The van der Waals surface area contributed by atoms with Crippen LogP contribution in [0.1, 0.15) is 13.3 Å². The molecule has 0 unspecified atom stereocenters. The van der Waals surface area contributed by atoms with E-state index in [0.29, 0.717) is 40.5 Å². The van der Waals surface area contributed by atoms with Crippen LogP contribution in [0.3, 0.4) is 0 Å². The number of nitrogens with one attached hydrogen (secondary N) is 3. The van der Waals surface area contributed by atoms with Gasteiger partial charge in [-0.2, -0.15) is 16.4 Å². The standard InChI is InChI=1S/C24H18N8OS/c1-2-19(33)27-15-9-14(10-25-11-15)17-3-4-18-21(28-17)22(32-31-18)24-29-20-16(13-6-8-34-12-13)5-7-26-23(20)30-24/h3-12H,2H2,1H3,(H,27,33)(H,31,32)(H,26,29,30). The highest BCUT2D eigenvalue weighted by atomic mass is 32.1. The number of nitrogens with zero attached hydrogens (tertiary/aromatic N) is 5. The molecule has 34 heavy (non-hydrogen) atoms. The minimum Gasteiger partial charge on any atom is -0.325 e. The van der Waals surface area contributed by atoms with Gasteiger partial charge in [0.05, 0.1) is 23.1 Å². The number of aromatic amines is 2. The first kappa shape index (κ1) is 20.2.